The van der Waals surface area contributed by atoms with Crippen LogP contribution in [0.1, 0.15) is 17.0 Å². The summed E-state index contributed by atoms with van der Waals surface area (Å²) in [5.74, 6) is -0.350. The molecule has 3 aromatic rings. The van der Waals surface area contributed by atoms with Crippen molar-refractivity contribution in [2.75, 3.05) is 5.32 Å². The van der Waals surface area contributed by atoms with Crippen LogP contribution in [0.5, 0.6) is 0 Å². The molecule has 0 saturated carbocycles. The summed E-state index contributed by atoms with van der Waals surface area (Å²) in [6.45, 7) is 3.66. The van der Waals surface area contributed by atoms with Crippen LogP contribution in [0, 0.1) is 19.7 Å². The van der Waals surface area contributed by atoms with E-state index in [4.69, 9.17) is 0 Å². The molecule has 0 unspecified atom stereocenters. The molecule has 1 heterocycles. The monoisotopic (exact) mass is 337 g/mol. The van der Waals surface area contributed by atoms with E-state index in [1.807, 2.05) is 31.2 Å². The van der Waals surface area contributed by atoms with Crippen LogP contribution < -0.4 is 5.32 Å². The highest BCUT2D eigenvalue weighted by Crippen LogP contribution is 2.19. The topological polar surface area (TPSA) is 72.7 Å². The van der Waals surface area contributed by atoms with E-state index in [-0.39, 0.29) is 11.6 Å². The fourth-order valence-electron chi connectivity index (χ4n) is 2.24. The Morgan fingerprint density at radius 2 is 1.92 bits per heavy atom. The zero-order valence-corrected chi connectivity index (χ0v) is 13.8. The Hall–Kier alpha value is -3.35. The molecule has 0 aliphatic heterocycles. The zero-order valence-electron chi connectivity index (χ0n) is 13.8. The summed E-state index contributed by atoms with van der Waals surface area (Å²) >= 11 is 0. The molecule has 0 fully saturated rings. The minimum absolute atomic E-state index is 0.169. The Morgan fingerprint density at radius 1 is 1.16 bits per heavy atom. The Kier molecular flexibility index (Phi) is 4.65. The highest BCUT2D eigenvalue weighted by Gasteiger charge is 2.11. The lowest BCUT2D eigenvalue weighted by Gasteiger charge is -2.07. The summed E-state index contributed by atoms with van der Waals surface area (Å²) in [5.41, 5.74) is 2.69. The van der Waals surface area contributed by atoms with E-state index in [0.717, 1.165) is 11.1 Å². The molecule has 2 aromatic carbocycles. The van der Waals surface area contributed by atoms with E-state index in [1.54, 1.807) is 13.0 Å². The van der Waals surface area contributed by atoms with E-state index in [0.29, 0.717) is 11.5 Å². The van der Waals surface area contributed by atoms with Crippen molar-refractivity contribution in [2.45, 2.75) is 13.8 Å². The Morgan fingerprint density at radius 3 is 2.60 bits per heavy atom. The minimum atomic E-state index is -0.483. The number of anilines is 1. The van der Waals surface area contributed by atoms with Gasteiger partial charge in [0, 0.05) is 11.8 Å². The van der Waals surface area contributed by atoms with Gasteiger partial charge >= 0.3 is 0 Å². The number of nitrogens with zero attached hydrogens (tertiary/aromatic N) is 4. The number of benzene rings is 2. The van der Waals surface area contributed by atoms with Crippen LogP contribution in [-0.4, -0.2) is 26.1 Å². The van der Waals surface area contributed by atoms with Gasteiger partial charge < -0.3 is 5.32 Å². The van der Waals surface area contributed by atoms with Gasteiger partial charge in [-0.1, -0.05) is 29.8 Å². The fourth-order valence-corrected chi connectivity index (χ4v) is 2.24. The highest BCUT2D eigenvalue weighted by molar-refractivity contribution is 6.02. The summed E-state index contributed by atoms with van der Waals surface area (Å²) < 4.78 is 15.3. The number of hydrogen-bond donors (Lipinski definition) is 1. The third kappa shape index (κ3) is 3.95. The summed E-state index contributed by atoms with van der Waals surface area (Å²) in [6, 6.07) is 12.0. The van der Waals surface area contributed by atoms with Gasteiger partial charge in [0.2, 0.25) is 5.91 Å². The third-order valence-corrected chi connectivity index (χ3v) is 3.57. The molecule has 0 aliphatic carbocycles. The van der Waals surface area contributed by atoms with Crippen molar-refractivity contribution in [3.8, 4) is 5.69 Å². The molecule has 0 radical (unpaired) electrons. The van der Waals surface area contributed by atoms with Crippen LogP contribution in [0.15, 0.2) is 48.5 Å². The van der Waals surface area contributed by atoms with Crippen LogP contribution in [0.25, 0.3) is 11.8 Å². The van der Waals surface area contributed by atoms with Crippen LogP contribution in [0.4, 0.5) is 10.1 Å². The standard InChI is InChI=1S/C18H16FN5O/c1-12-3-5-14(6-4-12)7-10-18(25)20-15-8-9-16(19)17(11-15)24-13(2)21-22-23-24/h3-11H,1-2H3,(H,20,25)/b10-7+. The lowest BCUT2D eigenvalue weighted by molar-refractivity contribution is -0.111. The maximum atomic E-state index is 14.0. The molecule has 0 aliphatic rings. The number of nitrogens with one attached hydrogen (secondary N) is 1. The fraction of sp³-hybridized carbons (Fsp3) is 0.111. The van der Waals surface area contributed by atoms with Gasteiger partial charge in [0.05, 0.1) is 0 Å². The SMILES string of the molecule is Cc1ccc(/C=C/C(=O)Nc2ccc(F)c(-n3nnnc3C)c2)cc1. The summed E-state index contributed by atoms with van der Waals surface area (Å²) in [4.78, 5) is 12.1. The van der Waals surface area contributed by atoms with Gasteiger partial charge in [-0.2, -0.15) is 4.68 Å². The number of amides is 1. The first kappa shape index (κ1) is 16.5. The summed E-state index contributed by atoms with van der Waals surface area (Å²) in [7, 11) is 0. The second kappa shape index (κ2) is 7.04. The molecule has 3 rings (SSSR count). The molecule has 1 aromatic heterocycles. The smallest absolute Gasteiger partial charge is 0.248 e. The first-order valence-corrected chi connectivity index (χ1v) is 7.63. The van der Waals surface area contributed by atoms with Crippen LogP contribution in [-0.2, 0) is 4.79 Å². The molecule has 7 heteroatoms. The van der Waals surface area contributed by atoms with Gasteiger partial charge in [-0.25, -0.2) is 4.39 Å². The molecule has 0 spiro atoms. The van der Waals surface area contributed by atoms with Gasteiger partial charge in [0.15, 0.2) is 5.82 Å². The number of carbonyl (C=O) groups excluding carboxylic acids is 1. The van der Waals surface area contributed by atoms with Gasteiger partial charge in [-0.3, -0.25) is 4.79 Å². The van der Waals surface area contributed by atoms with E-state index < -0.39 is 5.82 Å². The molecule has 1 N–H and O–H groups in total. The second-order valence-corrected chi connectivity index (χ2v) is 5.54. The van der Waals surface area contributed by atoms with Crippen molar-refractivity contribution in [3.05, 3.63) is 71.3 Å². The molecular weight excluding hydrogens is 321 g/mol. The summed E-state index contributed by atoms with van der Waals surface area (Å²) in [5, 5.41) is 13.7. The predicted octanol–water partition coefficient (Wildman–Crippen LogP) is 3.07. The Labute approximate surface area is 144 Å². The van der Waals surface area contributed by atoms with Crippen molar-refractivity contribution in [3.63, 3.8) is 0 Å². The lowest BCUT2D eigenvalue weighted by Crippen LogP contribution is -2.09. The first-order valence-electron chi connectivity index (χ1n) is 7.63. The van der Waals surface area contributed by atoms with E-state index in [1.165, 1.54) is 29.0 Å². The van der Waals surface area contributed by atoms with Crippen LogP contribution in [0.2, 0.25) is 0 Å². The predicted molar refractivity (Wildman–Crippen MR) is 92.7 cm³/mol. The molecule has 0 atom stereocenters. The zero-order chi connectivity index (χ0) is 17.8. The molecular formula is C18H16FN5O. The average Bonchev–Trinajstić information content (AvgIpc) is 3.02. The normalized spacial score (nSPS) is 11.0. The number of hydrogen-bond acceptors (Lipinski definition) is 4. The van der Waals surface area contributed by atoms with Crippen molar-refractivity contribution >= 4 is 17.7 Å². The molecule has 0 saturated heterocycles. The Bertz CT molecular complexity index is 931. The van der Waals surface area contributed by atoms with Crippen LogP contribution in [0.3, 0.4) is 0 Å². The van der Waals surface area contributed by atoms with E-state index in [9.17, 15) is 9.18 Å². The number of aryl methyl sites for hydroxylation is 2. The maximum Gasteiger partial charge on any atom is 0.248 e. The van der Waals surface area contributed by atoms with Crippen molar-refractivity contribution < 1.29 is 9.18 Å². The first-order chi connectivity index (χ1) is 12.0. The Balaban J connectivity index is 1.75. The molecule has 0 bridgehead atoms. The number of aromatic nitrogens is 4. The second-order valence-electron chi connectivity index (χ2n) is 5.54. The van der Waals surface area contributed by atoms with E-state index >= 15 is 0 Å². The number of rotatable bonds is 4. The molecule has 25 heavy (non-hydrogen) atoms. The molecule has 6 nitrogen and oxygen atoms in total. The van der Waals surface area contributed by atoms with Gasteiger partial charge in [-0.05, 0) is 54.1 Å². The number of carbonyl (C=O) groups is 1. The number of halogens is 1. The van der Waals surface area contributed by atoms with Crippen molar-refractivity contribution in [2.24, 2.45) is 0 Å². The van der Waals surface area contributed by atoms with Crippen molar-refractivity contribution in [1.82, 2.24) is 20.2 Å². The quantitative estimate of drug-likeness (QED) is 0.743. The average molecular weight is 337 g/mol. The summed E-state index contributed by atoms with van der Waals surface area (Å²) in [6.07, 6.45) is 3.14. The van der Waals surface area contributed by atoms with Gasteiger partial charge in [-0.15, -0.1) is 5.10 Å². The maximum absolute atomic E-state index is 14.0. The van der Waals surface area contributed by atoms with Gasteiger partial charge in [0.25, 0.3) is 0 Å². The van der Waals surface area contributed by atoms with E-state index in [2.05, 4.69) is 20.8 Å². The molecule has 1 amide bonds. The highest BCUT2D eigenvalue weighted by atomic mass is 19.1. The third-order valence-electron chi connectivity index (χ3n) is 3.57. The largest absolute Gasteiger partial charge is 0.322 e. The van der Waals surface area contributed by atoms with Crippen LogP contribution >= 0.6 is 0 Å². The molecule has 126 valence electrons. The van der Waals surface area contributed by atoms with Crippen molar-refractivity contribution in [1.29, 1.82) is 0 Å². The number of tetrazole rings is 1. The minimum Gasteiger partial charge on any atom is -0.322 e. The lowest BCUT2D eigenvalue weighted by atomic mass is 10.1. The van der Waals surface area contributed by atoms with Gasteiger partial charge in [0.1, 0.15) is 11.5 Å².